The zero-order valence-corrected chi connectivity index (χ0v) is 11.4. The van der Waals surface area contributed by atoms with Gasteiger partial charge in [-0.25, -0.2) is 12.8 Å². The summed E-state index contributed by atoms with van der Waals surface area (Å²) in [7, 11) is -2.20. The van der Waals surface area contributed by atoms with Crippen molar-refractivity contribution in [3.05, 3.63) is 53.7 Å². The van der Waals surface area contributed by atoms with Gasteiger partial charge in [0.25, 0.3) is 0 Å². The molecule has 0 amide bonds. The van der Waals surface area contributed by atoms with Crippen molar-refractivity contribution >= 4 is 10.0 Å². The summed E-state index contributed by atoms with van der Waals surface area (Å²) in [6, 6.07) is 7.01. The number of rotatable bonds is 4. The lowest BCUT2D eigenvalue weighted by atomic mass is 10.2. The van der Waals surface area contributed by atoms with Crippen LogP contribution < -0.4 is 0 Å². The van der Waals surface area contributed by atoms with Crippen LogP contribution >= 0.6 is 0 Å². The molecule has 0 aliphatic rings. The van der Waals surface area contributed by atoms with Crippen LogP contribution in [0.2, 0.25) is 0 Å². The Labute approximate surface area is 111 Å². The summed E-state index contributed by atoms with van der Waals surface area (Å²) >= 11 is 0. The number of hydrogen-bond acceptors (Lipinski definition) is 3. The van der Waals surface area contributed by atoms with Crippen LogP contribution in [0.4, 0.5) is 4.39 Å². The van der Waals surface area contributed by atoms with E-state index in [1.807, 2.05) is 0 Å². The second kappa shape index (κ2) is 5.14. The zero-order chi connectivity index (χ0) is 14.0. The molecule has 2 rings (SSSR count). The van der Waals surface area contributed by atoms with Crippen molar-refractivity contribution in [3.8, 4) is 0 Å². The molecule has 19 heavy (non-hydrogen) atoms. The van der Waals surface area contributed by atoms with Crippen LogP contribution in [0.15, 0.2) is 45.9 Å². The Morgan fingerprint density at radius 2 is 2.05 bits per heavy atom. The van der Waals surface area contributed by atoms with Gasteiger partial charge in [0.05, 0.1) is 17.7 Å². The van der Waals surface area contributed by atoms with Crippen LogP contribution in [0.25, 0.3) is 0 Å². The number of benzene rings is 1. The molecule has 102 valence electrons. The predicted molar refractivity (Wildman–Crippen MR) is 68.5 cm³/mol. The number of furan rings is 1. The first-order valence-corrected chi connectivity index (χ1v) is 7.10. The van der Waals surface area contributed by atoms with E-state index in [0.717, 1.165) is 6.07 Å². The molecule has 0 fully saturated rings. The first-order valence-electron chi connectivity index (χ1n) is 5.66. The van der Waals surface area contributed by atoms with Gasteiger partial charge in [-0.2, -0.15) is 4.31 Å². The van der Waals surface area contributed by atoms with Crippen molar-refractivity contribution in [2.75, 3.05) is 7.05 Å². The van der Waals surface area contributed by atoms with E-state index in [1.165, 1.54) is 29.7 Å². The Balaban J connectivity index is 2.31. The minimum absolute atomic E-state index is 0.1000. The molecule has 6 heteroatoms. The van der Waals surface area contributed by atoms with Crippen molar-refractivity contribution in [3.63, 3.8) is 0 Å². The van der Waals surface area contributed by atoms with Crippen LogP contribution in [0.3, 0.4) is 0 Å². The SMILES string of the molecule is Cc1cc(F)ccc1S(=O)(=O)N(C)Cc1ccco1. The van der Waals surface area contributed by atoms with Crippen LogP contribution in [-0.4, -0.2) is 19.8 Å². The molecular weight excluding hydrogens is 269 g/mol. The number of hydrogen-bond donors (Lipinski definition) is 0. The van der Waals surface area contributed by atoms with E-state index in [4.69, 9.17) is 4.42 Å². The van der Waals surface area contributed by atoms with E-state index in [1.54, 1.807) is 19.1 Å². The summed E-state index contributed by atoms with van der Waals surface area (Å²) in [6.45, 7) is 1.70. The third-order valence-corrected chi connectivity index (χ3v) is 4.75. The van der Waals surface area contributed by atoms with Gasteiger partial charge < -0.3 is 4.42 Å². The summed E-state index contributed by atoms with van der Waals surface area (Å²) in [5.41, 5.74) is 0.381. The molecule has 4 nitrogen and oxygen atoms in total. The highest BCUT2D eigenvalue weighted by atomic mass is 32.2. The van der Waals surface area contributed by atoms with Crippen molar-refractivity contribution in [1.29, 1.82) is 0 Å². The smallest absolute Gasteiger partial charge is 0.243 e. The molecule has 0 unspecified atom stereocenters. The zero-order valence-electron chi connectivity index (χ0n) is 10.6. The molecule has 0 saturated heterocycles. The molecule has 2 aromatic rings. The average Bonchev–Trinajstić information content (AvgIpc) is 2.81. The van der Waals surface area contributed by atoms with Gasteiger partial charge in [0.15, 0.2) is 0 Å². The van der Waals surface area contributed by atoms with Gasteiger partial charge in [-0.15, -0.1) is 0 Å². The summed E-state index contributed by atoms with van der Waals surface area (Å²) in [4.78, 5) is 0.1000. The quantitative estimate of drug-likeness (QED) is 0.866. The van der Waals surface area contributed by atoms with Gasteiger partial charge in [-0.3, -0.25) is 0 Å². The van der Waals surface area contributed by atoms with Crippen molar-refractivity contribution in [1.82, 2.24) is 4.31 Å². The molecular formula is C13H14FNO3S. The van der Waals surface area contributed by atoms with E-state index in [2.05, 4.69) is 0 Å². The lowest BCUT2D eigenvalue weighted by molar-refractivity contribution is 0.406. The van der Waals surface area contributed by atoms with E-state index >= 15 is 0 Å². The second-order valence-electron chi connectivity index (χ2n) is 4.25. The fourth-order valence-electron chi connectivity index (χ4n) is 1.78. The minimum Gasteiger partial charge on any atom is -0.468 e. The molecule has 1 aromatic carbocycles. The van der Waals surface area contributed by atoms with Gasteiger partial charge >= 0.3 is 0 Å². The standard InChI is InChI=1S/C13H14FNO3S/c1-10-8-11(14)5-6-13(10)19(16,17)15(2)9-12-4-3-7-18-12/h3-8H,9H2,1-2H3. The lowest BCUT2D eigenvalue weighted by Crippen LogP contribution is -2.27. The largest absolute Gasteiger partial charge is 0.468 e. The summed E-state index contributed by atoms with van der Waals surface area (Å²) in [5.74, 6) is 0.0935. The fourth-order valence-corrected chi connectivity index (χ4v) is 3.12. The maximum atomic E-state index is 13.0. The summed E-state index contributed by atoms with van der Waals surface area (Å²) in [6.07, 6.45) is 1.49. The number of sulfonamides is 1. The molecule has 0 bridgehead atoms. The van der Waals surface area contributed by atoms with Gasteiger partial charge in [0.2, 0.25) is 10.0 Å². The third kappa shape index (κ3) is 2.85. The molecule has 0 aliphatic carbocycles. The fraction of sp³-hybridized carbons (Fsp3) is 0.231. The molecule has 0 spiro atoms. The highest BCUT2D eigenvalue weighted by Crippen LogP contribution is 2.21. The molecule has 1 aromatic heterocycles. The Bertz CT molecular complexity index is 665. The first-order chi connectivity index (χ1) is 8.91. The summed E-state index contributed by atoms with van der Waals surface area (Å²) in [5, 5.41) is 0. The molecule has 0 radical (unpaired) electrons. The normalized spacial score (nSPS) is 12.0. The van der Waals surface area contributed by atoms with Gasteiger partial charge in [-0.05, 0) is 42.8 Å². The Morgan fingerprint density at radius 3 is 2.63 bits per heavy atom. The number of nitrogens with zero attached hydrogens (tertiary/aromatic N) is 1. The second-order valence-corrected chi connectivity index (χ2v) is 6.26. The molecule has 0 N–H and O–H groups in total. The van der Waals surface area contributed by atoms with Gasteiger partial charge in [0, 0.05) is 7.05 Å². The summed E-state index contributed by atoms with van der Waals surface area (Å²) < 4.78 is 44.0. The highest BCUT2D eigenvalue weighted by molar-refractivity contribution is 7.89. The Hall–Kier alpha value is -1.66. The van der Waals surface area contributed by atoms with Crippen molar-refractivity contribution in [2.24, 2.45) is 0 Å². The number of halogens is 1. The topological polar surface area (TPSA) is 50.5 Å². The van der Waals surface area contributed by atoms with Crippen LogP contribution in [0.5, 0.6) is 0 Å². The maximum absolute atomic E-state index is 13.0. The van der Waals surface area contributed by atoms with E-state index < -0.39 is 15.8 Å². The molecule has 0 aliphatic heterocycles. The van der Waals surface area contributed by atoms with Crippen molar-refractivity contribution < 1.29 is 17.2 Å². The van der Waals surface area contributed by atoms with Gasteiger partial charge in [-0.1, -0.05) is 0 Å². The van der Waals surface area contributed by atoms with Crippen LogP contribution in [0.1, 0.15) is 11.3 Å². The minimum atomic E-state index is -3.66. The van der Waals surface area contributed by atoms with Crippen molar-refractivity contribution in [2.45, 2.75) is 18.4 Å². The van der Waals surface area contributed by atoms with Crippen LogP contribution in [0, 0.1) is 12.7 Å². The van der Waals surface area contributed by atoms with E-state index in [9.17, 15) is 12.8 Å². The first kappa shape index (κ1) is 13.8. The van der Waals surface area contributed by atoms with E-state index in [-0.39, 0.29) is 11.4 Å². The Morgan fingerprint density at radius 1 is 1.32 bits per heavy atom. The Kier molecular flexibility index (Phi) is 3.73. The highest BCUT2D eigenvalue weighted by Gasteiger charge is 2.23. The van der Waals surface area contributed by atoms with E-state index in [0.29, 0.717) is 11.3 Å². The molecule has 1 heterocycles. The number of aryl methyl sites for hydroxylation is 1. The monoisotopic (exact) mass is 283 g/mol. The maximum Gasteiger partial charge on any atom is 0.243 e. The van der Waals surface area contributed by atoms with Gasteiger partial charge in [0.1, 0.15) is 11.6 Å². The third-order valence-electron chi connectivity index (χ3n) is 2.78. The predicted octanol–water partition coefficient (Wildman–Crippen LogP) is 2.55. The lowest BCUT2D eigenvalue weighted by Gasteiger charge is -2.17. The van der Waals surface area contributed by atoms with Crippen LogP contribution in [-0.2, 0) is 16.6 Å². The molecule has 0 atom stereocenters. The average molecular weight is 283 g/mol. The molecule has 0 saturated carbocycles.